The number of carbonyl (C=O) groups excluding carboxylic acids is 1. The Kier molecular flexibility index (Phi) is 3.69. The molecule has 0 bridgehead atoms. The fourth-order valence-corrected chi connectivity index (χ4v) is 2.54. The minimum Gasteiger partial charge on any atom is -0.352 e. The zero-order valence-electron chi connectivity index (χ0n) is 11.9. The van der Waals surface area contributed by atoms with E-state index in [1.807, 2.05) is 19.2 Å². The number of carbonyl (C=O) groups is 1. The molecule has 0 aliphatic rings. The van der Waals surface area contributed by atoms with Gasteiger partial charge in [0.15, 0.2) is 0 Å². The number of pyridine rings is 1. The largest absolute Gasteiger partial charge is 0.352 e. The van der Waals surface area contributed by atoms with Crippen molar-refractivity contribution >= 4 is 16.8 Å². The summed E-state index contributed by atoms with van der Waals surface area (Å²) in [5.74, 6) is -0.0577. The van der Waals surface area contributed by atoms with Crippen LogP contribution < -0.4 is 5.32 Å². The molecule has 1 N–H and O–H groups in total. The van der Waals surface area contributed by atoms with Crippen LogP contribution in [0.15, 0.2) is 55.0 Å². The Morgan fingerprint density at radius 2 is 1.95 bits per heavy atom. The van der Waals surface area contributed by atoms with Gasteiger partial charge in [0.2, 0.25) is 0 Å². The van der Waals surface area contributed by atoms with E-state index in [0.29, 0.717) is 12.1 Å². The van der Waals surface area contributed by atoms with E-state index in [2.05, 4.69) is 33.2 Å². The van der Waals surface area contributed by atoms with Gasteiger partial charge < -0.3 is 9.88 Å². The molecule has 0 radical (unpaired) electrons. The zero-order valence-corrected chi connectivity index (χ0v) is 11.9. The number of rotatable bonds is 4. The summed E-state index contributed by atoms with van der Waals surface area (Å²) in [6.45, 7) is 0.620. The van der Waals surface area contributed by atoms with Crippen molar-refractivity contribution in [2.45, 2.75) is 6.42 Å². The summed E-state index contributed by atoms with van der Waals surface area (Å²) in [5, 5.41) is 4.19. The number of fused-ring (bicyclic) bond motifs is 1. The van der Waals surface area contributed by atoms with Crippen LogP contribution in [0.3, 0.4) is 0 Å². The molecular weight excluding hydrogens is 262 g/mol. The molecule has 0 aliphatic heterocycles. The van der Waals surface area contributed by atoms with Crippen LogP contribution in [0.4, 0.5) is 0 Å². The number of hydrogen-bond donors (Lipinski definition) is 1. The van der Waals surface area contributed by atoms with Gasteiger partial charge >= 0.3 is 0 Å². The van der Waals surface area contributed by atoms with Gasteiger partial charge in [-0.1, -0.05) is 18.2 Å². The minimum absolute atomic E-state index is 0.0577. The number of benzene rings is 1. The first-order valence-electron chi connectivity index (χ1n) is 6.97. The molecule has 2 aromatic heterocycles. The Labute approximate surface area is 123 Å². The van der Waals surface area contributed by atoms with Gasteiger partial charge in [0.25, 0.3) is 5.91 Å². The highest BCUT2D eigenvalue weighted by Gasteiger charge is 2.07. The third-order valence-corrected chi connectivity index (χ3v) is 3.60. The smallest absolute Gasteiger partial charge is 0.251 e. The summed E-state index contributed by atoms with van der Waals surface area (Å²) >= 11 is 0. The monoisotopic (exact) mass is 279 g/mol. The van der Waals surface area contributed by atoms with Gasteiger partial charge in [0.05, 0.1) is 0 Å². The van der Waals surface area contributed by atoms with E-state index in [9.17, 15) is 4.79 Å². The van der Waals surface area contributed by atoms with Crippen molar-refractivity contribution in [1.29, 1.82) is 0 Å². The summed E-state index contributed by atoms with van der Waals surface area (Å²) in [7, 11) is 2.04. The second-order valence-corrected chi connectivity index (χ2v) is 5.02. The highest BCUT2D eigenvalue weighted by molar-refractivity contribution is 5.94. The number of nitrogens with zero attached hydrogens (tertiary/aromatic N) is 2. The van der Waals surface area contributed by atoms with Crippen LogP contribution in [0.25, 0.3) is 10.9 Å². The van der Waals surface area contributed by atoms with Crippen molar-refractivity contribution in [3.05, 3.63) is 66.1 Å². The summed E-state index contributed by atoms with van der Waals surface area (Å²) < 4.78 is 2.12. The standard InChI is InChI=1S/C17H17N3O/c1-20-12-14(15-4-2-3-5-16(15)20)8-11-19-17(21)13-6-9-18-10-7-13/h2-7,9-10,12H,8,11H2,1H3,(H,19,21). The second-order valence-electron chi connectivity index (χ2n) is 5.02. The van der Waals surface area contributed by atoms with E-state index in [1.54, 1.807) is 24.5 Å². The highest BCUT2D eigenvalue weighted by atomic mass is 16.1. The molecular formula is C17H17N3O. The van der Waals surface area contributed by atoms with Gasteiger partial charge in [0, 0.05) is 48.6 Å². The molecule has 0 aliphatic carbocycles. The van der Waals surface area contributed by atoms with Crippen LogP contribution in [-0.4, -0.2) is 22.0 Å². The van der Waals surface area contributed by atoms with Gasteiger partial charge in [-0.3, -0.25) is 9.78 Å². The minimum atomic E-state index is -0.0577. The summed E-state index contributed by atoms with van der Waals surface area (Å²) in [6.07, 6.45) is 6.20. The van der Waals surface area contributed by atoms with E-state index in [-0.39, 0.29) is 5.91 Å². The Morgan fingerprint density at radius 3 is 2.76 bits per heavy atom. The fourth-order valence-electron chi connectivity index (χ4n) is 2.54. The third kappa shape index (κ3) is 2.79. The Bertz CT molecular complexity index is 762. The van der Waals surface area contributed by atoms with Crippen LogP contribution in [0.2, 0.25) is 0 Å². The van der Waals surface area contributed by atoms with Crippen molar-refractivity contribution in [2.75, 3.05) is 6.54 Å². The first-order chi connectivity index (χ1) is 10.3. The molecule has 21 heavy (non-hydrogen) atoms. The molecule has 2 heterocycles. The molecule has 0 fully saturated rings. The molecule has 0 unspecified atom stereocenters. The molecule has 106 valence electrons. The van der Waals surface area contributed by atoms with Crippen LogP contribution in [0.5, 0.6) is 0 Å². The van der Waals surface area contributed by atoms with Crippen molar-refractivity contribution in [2.24, 2.45) is 7.05 Å². The van der Waals surface area contributed by atoms with Crippen LogP contribution in [0, 0.1) is 0 Å². The zero-order chi connectivity index (χ0) is 14.7. The first kappa shape index (κ1) is 13.4. The van der Waals surface area contributed by atoms with Gasteiger partial charge in [-0.15, -0.1) is 0 Å². The molecule has 0 saturated carbocycles. The first-order valence-corrected chi connectivity index (χ1v) is 6.97. The Morgan fingerprint density at radius 1 is 1.19 bits per heavy atom. The maximum Gasteiger partial charge on any atom is 0.251 e. The maximum atomic E-state index is 12.0. The van der Waals surface area contributed by atoms with E-state index in [0.717, 1.165) is 6.42 Å². The number of para-hydroxylation sites is 1. The number of nitrogens with one attached hydrogen (secondary N) is 1. The molecule has 3 rings (SSSR count). The van der Waals surface area contributed by atoms with Crippen LogP contribution in [-0.2, 0) is 13.5 Å². The Balaban J connectivity index is 1.66. The molecule has 3 aromatic rings. The lowest BCUT2D eigenvalue weighted by Crippen LogP contribution is -2.25. The van der Waals surface area contributed by atoms with Gasteiger partial charge in [-0.25, -0.2) is 0 Å². The summed E-state index contributed by atoms with van der Waals surface area (Å²) in [6, 6.07) is 11.7. The lowest BCUT2D eigenvalue weighted by molar-refractivity contribution is 0.0954. The molecule has 0 spiro atoms. The van der Waals surface area contributed by atoms with Crippen molar-refractivity contribution < 1.29 is 4.79 Å². The van der Waals surface area contributed by atoms with Gasteiger partial charge in [-0.05, 0) is 30.2 Å². The summed E-state index contributed by atoms with van der Waals surface area (Å²) in [5.41, 5.74) is 3.11. The lowest BCUT2D eigenvalue weighted by Gasteiger charge is -2.04. The second kappa shape index (κ2) is 5.79. The summed E-state index contributed by atoms with van der Waals surface area (Å²) in [4.78, 5) is 15.9. The molecule has 1 aromatic carbocycles. The fraction of sp³-hybridized carbons (Fsp3) is 0.176. The maximum absolute atomic E-state index is 12.0. The van der Waals surface area contributed by atoms with Gasteiger partial charge in [-0.2, -0.15) is 0 Å². The topological polar surface area (TPSA) is 46.9 Å². The Hall–Kier alpha value is -2.62. The highest BCUT2D eigenvalue weighted by Crippen LogP contribution is 2.20. The predicted molar refractivity (Wildman–Crippen MR) is 83.2 cm³/mol. The van der Waals surface area contributed by atoms with E-state index >= 15 is 0 Å². The average molecular weight is 279 g/mol. The van der Waals surface area contributed by atoms with Crippen LogP contribution in [0.1, 0.15) is 15.9 Å². The molecule has 0 atom stereocenters. The molecule has 1 amide bonds. The van der Waals surface area contributed by atoms with Crippen molar-refractivity contribution in [1.82, 2.24) is 14.9 Å². The van der Waals surface area contributed by atoms with Crippen molar-refractivity contribution in [3.8, 4) is 0 Å². The lowest BCUT2D eigenvalue weighted by atomic mass is 10.1. The van der Waals surface area contributed by atoms with Crippen molar-refractivity contribution in [3.63, 3.8) is 0 Å². The van der Waals surface area contributed by atoms with Crippen LogP contribution >= 0.6 is 0 Å². The normalized spacial score (nSPS) is 10.7. The SMILES string of the molecule is Cn1cc(CCNC(=O)c2ccncc2)c2ccccc21. The van der Waals surface area contributed by atoms with E-state index < -0.39 is 0 Å². The predicted octanol–water partition coefficient (Wildman–Crippen LogP) is 2.55. The van der Waals surface area contributed by atoms with E-state index in [4.69, 9.17) is 0 Å². The number of aromatic nitrogens is 2. The quantitative estimate of drug-likeness (QED) is 0.798. The number of aryl methyl sites for hydroxylation is 1. The third-order valence-electron chi connectivity index (χ3n) is 3.60. The number of hydrogen-bond acceptors (Lipinski definition) is 2. The molecule has 0 saturated heterocycles. The molecule has 4 heteroatoms. The number of amides is 1. The van der Waals surface area contributed by atoms with Gasteiger partial charge in [0.1, 0.15) is 0 Å². The van der Waals surface area contributed by atoms with E-state index in [1.165, 1.54) is 16.5 Å². The average Bonchev–Trinajstić information content (AvgIpc) is 2.85. The molecule has 4 nitrogen and oxygen atoms in total.